The maximum absolute atomic E-state index is 11.3. The van der Waals surface area contributed by atoms with Gasteiger partial charge >= 0.3 is 6.09 Å². The Morgan fingerprint density at radius 1 is 1.20 bits per heavy atom. The lowest BCUT2D eigenvalue weighted by molar-refractivity contribution is 0.0860. The first kappa shape index (κ1) is 14.9. The van der Waals surface area contributed by atoms with E-state index >= 15 is 0 Å². The number of ether oxygens (including phenoxy) is 2. The van der Waals surface area contributed by atoms with Gasteiger partial charge in [0.15, 0.2) is 0 Å². The summed E-state index contributed by atoms with van der Waals surface area (Å²) in [6, 6.07) is 7.34. The Labute approximate surface area is 124 Å². The van der Waals surface area contributed by atoms with Crippen molar-refractivity contribution in [2.75, 3.05) is 46.4 Å². The molecule has 1 heterocycles. The van der Waals surface area contributed by atoms with E-state index in [1.54, 1.807) is 4.90 Å². The fourth-order valence-corrected chi connectivity index (χ4v) is 2.23. The van der Waals surface area contributed by atoms with Gasteiger partial charge in [-0.05, 0) is 24.3 Å². The molecular weight excluding hydrogens is 280 g/mol. The van der Waals surface area contributed by atoms with Crippen LogP contribution in [0.1, 0.15) is 0 Å². The van der Waals surface area contributed by atoms with Gasteiger partial charge in [-0.2, -0.15) is 0 Å². The first-order chi connectivity index (χ1) is 9.69. The monoisotopic (exact) mass is 298 g/mol. The number of hydrogen-bond donors (Lipinski definition) is 0. The highest BCUT2D eigenvalue weighted by Crippen LogP contribution is 2.15. The predicted octanol–water partition coefficient (Wildman–Crippen LogP) is 2.10. The van der Waals surface area contributed by atoms with Gasteiger partial charge in [0.1, 0.15) is 12.4 Å². The van der Waals surface area contributed by atoms with E-state index in [1.807, 2.05) is 24.3 Å². The number of methoxy groups -OCH3 is 1. The van der Waals surface area contributed by atoms with Crippen molar-refractivity contribution >= 4 is 17.7 Å². The zero-order valence-corrected chi connectivity index (χ0v) is 12.3. The van der Waals surface area contributed by atoms with Gasteiger partial charge in [0.2, 0.25) is 0 Å². The lowest BCUT2D eigenvalue weighted by Crippen LogP contribution is -2.49. The van der Waals surface area contributed by atoms with E-state index in [-0.39, 0.29) is 6.09 Å². The van der Waals surface area contributed by atoms with Gasteiger partial charge in [-0.1, -0.05) is 11.6 Å². The van der Waals surface area contributed by atoms with E-state index in [0.29, 0.717) is 24.7 Å². The molecule has 110 valence electrons. The Balaban J connectivity index is 1.66. The lowest BCUT2D eigenvalue weighted by Gasteiger charge is -2.33. The summed E-state index contributed by atoms with van der Waals surface area (Å²) in [5.74, 6) is 0.822. The van der Waals surface area contributed by atoms with Crippen molar-refractivity contribution in [3.05, 3.63) is 29.3 Å². The summed E-state index contributed by atoms with van der Waals surface area (Å²) < 4.78 is 10.4. The van der Waals surface area contributed by atoms with Gasteiger partial charge in [0.25, 0.3) is 0 Å². The van der Waals surface area contributed by atoms with E-state index in [4.69, 9.17) is 21.1 Å². The van der Waals surface area contributed by atoms with Gasteiger partial charge < -0.3 is 14.4 Å². The highest BCUT2D eigenvalue weighted by Gasteiger charge is 2.20. The summed E-state index contributed by atoms with van der Waals surface area (Å²) in [6.45, 7) is 4.57. The van der Waals surface area contributed by atoms with Crippen molar-refractivity contribution in [3.63, 3.8) is 0 Å². The van der Waals surface area contributed by atoms with Crippen LogP contribution in [0.5, 0.6) is 5.75 Å². The molecule has 0 aromatic heterocycles. The zero-order chi connectivity index (χ0) is 14.4. The van der Waals surface area contributed by atoms with E-state index in [9.17, 15) is 4.79 Å². The van der Waals surface area contributed by atoms with E-state index in [2.05, 4.69) is 4.90 Å². The molecule has 1 aromatic carbocycles. The van der Waals surface area contributed by atoms with Gasteiger partial charge in [-0.25, -0.2) is 4.79 Å². The van der Waals surface area contributed by atoms with E-state index < -0.39 is 0 Å². The lowest BCUT2D eigenvalue weighted by atomic mass is 10.3. The number of hydrogen-bond acceptors (Lipinski definition) is 4. The van der Waals surface area contributed by atoms with Crippen molar-refractivity contribution in [2.45, 2.75) is 0 Å². The van der Waals surface area contributed by atoms with Crippen LogP contribution in [-0.4, -0.2) is 62.3 Å². The first-order valence-corrected chi connectivity index (χ1v) is 7.00. The van der Waals surface area contributed by atoms with Gasteiger partial charge in [-0.3, -0.25) is 4.90 Å². The maximum Gasteiger partial charge on any atom is 0.409 e. The third-order valence-electron chi connectivity index (χ3n) is 3.29. The molecule has 1 saturated heterocycles. The van der Waals surface area contributed by atoms with Crippen molar-refractivity contribution in [3.8, 4) is 5.75 Å². The molecule has 1 aromatic rings. The number of carbonyl (C=O) groups excluding carboxylic acids is 1. The SMILES string of the molecule is COC(=O)N1CCN(CCOc2ccc(Cl)cc2)CC1. The summed E-state index contributed by atoms with van der Waals surface area (Å²) in [5, 5.41) is 0.705. The smallest absolute Gasteiger partial charge is 0.409 e. The number of piperazine rings is 1. The highest BCUT2D eigenvalue weighted by atomic mass is 35.5. The average molecular weight is 299 g/mol. The largest absolute Gasteiger partial charge is 0.492 e. The van der Waals surface area contributed by atoms with E-state index in [1.165, 1.54) is 7.11 Å². The number of benzene rings is 1. The minimum absolute atomic E-state index is 0.248. The van der Waals surface area contributed by atoms with Crippen LogP contribution in [-0.2, 0) is 4.74 Å². The third-order valence-corrected chi connectivity index (χ3v) is 3.55. The molecule has 20 heavy (non-hydrogen) atoms. The average Bonchev–Trinajstić information content (AvgIpc) is 2.49. The van der Waals surface area contributed by atoms with Crippen molar-refractivity contribution in [2.24, 2.45) is 0 Å². The van der Waals surface area contributed by atoms with Crippen LogP contribution in [0.25, 0.3) is 0 Å². The van der Waals surface area contributed by atoms with Crippen LogP contribution in [0.2, 0.25) is 5.02 Å². The van der Waals surface area contributed by atoms with Gasteiger partial charge in [-0.15, -0.1) is 0 Å². The number of nitrogens with zero attached hydrogens (tertiary/aromatic N) is 2. The molecule has 0 aliphatic carbocycles. The standard InChI is InChI=1S/C14H19ClN2O3/c1-19-14(18)17-8-6-16(7-9-17)10-11-20-13-4-2-12(15)3-5-13/h2-5H,6-11H2,1H3. The molecule has 0 saturated carbocycles. The molecule has 0 atom stereocenters. The topological polar surface area (TPSA) is 42.0 Å². The van der Waals surface area contributed by atoms with Crippen molar-refractivity contribution < 1.29 is 14.3 Å². The first-order valence-electron chi connectivity index (χ1n) is 6.62. The summed E-state index contributed by atoms with van der Waals surface area (Å²) in [5.41, 5.74) is 0. The molecule has 0 spiro atoms. The van der Waals surface area contributed by atoms with Crippen molar-refractivity contribution in [1.29, 1.82) is 0 Å². The second kappa shape index (κ2) is 7.36. The Morgan fingerprint density at radius 2 is 1.85 bits per heavy atom. The number of carbonyl (C=O) groups is 1. The fraction of sp³-hybridized carbons (Fsp3) is 0.500. The molecule has 0 unspecified atom stereocenters. The minimum atomic E-state index is -0.248. The van der Waals surface area contributed by atoms with Crippen LogP contribution in [0, 0.1) is 0 Å². The van der Waals surface area contributed by atoms with Crippen LogP contribution >= 0.6 is 11.6 Å². The summed E-state index contributed by atoms with van der Waals surface area (Å²) in [7, 11) is 1.41. The molecule has 6 heteroatoms. The minimum Gasteiger partial charge on any atom is -0.492 e. The molecule has 0 N–H and O–H groups in total. The Kier molecular flexibility index (Phi) is 5.49. The number of halogens is 1. The fourth-order valence-electron chi connectivity index (χ4n) is 2.11. The molecule has 0 radical (unpaired) electrons. The molecule has 1 fully saturated rings. The quantitative estimate of drug-likeness (QED) is 0.854. The Bertz CT molecular complexity index is 431. The molecule has 1 amide bonds. The van der Waals surface area contributed by atoms with Crippen LogP contribution in [0.15, 0.2) is 24.3 Å². The second-order valence-electron chi connectivity index (χ2n) is 4.60. The Hall–Kier alpha value is -1.46. The van der Waals surface area contributed by atoms with Gasteiger partial charge in [0, 0.05) is 37.7 Å². The van der Waals surface area contributed by atoms with Gasteiger partial charge in [0.05, 0.1) is 7.11 Å². The van der Waals surface area contributed by atoms with Crippen LogP contribution in [0.4, 0.5) is 4.79 Å². The molecule has 1 aliphatic rings. The summed E-state index contributed by atoms with van der Waals surface area (Å²) in [4.78, 5) is 15.3. The predicted molar refractivity (Wildman–Crippen MR) is 77.4 cm³/mol. The van der Waals surface area contributed by atoms with Crippen molar-refractivity contribution in [1.82, 2.24) is 9.80 Å². The molecule has 0 bridgehead atoms. The highest BCUT2D eigenvalue weighted by molar-refractivity contribution is 6.30. The molecule has 1 aliphatic heterocycles. The number of rotatable bonds is 4. The normalized spacial score (nSPS) is 16.0. The van der Waals surface area contributed by atoms with E-state index in [0.717, 1.165) is 25.4 Å². The molecular formula is C14H19ClN2O3. The van der Waals surface area contributed by atoms with Crippen LogP contribution < -0.4 is 4.74 Å². The van der Waals surface area contributed by atoms with Crippen LogP contribution in [0.3, 0.4) is 0 Å². The summed E-state index contributed by atoms with van der Waals surface area (Å²) >= 11 is 5.81. The zero-order valence-electron chi connectivity index (χ0n) is 11.5. The summed E-state index contributed by atoms with van der Waals surface area (Å²) in [6.07, 6.45) is -0.248. The maximum atomic E-state index is 11.3. The second-order valence-corrected chi connectivity index (χ2v) is 5.04. The Morgan fingerprint density at radius 3 is 2.45 bits per heavy atom. The molecule has 5 nitrogen and oxygen atoms in total. The third kappa shape index (κ3) is 4.28. The number of amides is 1. The molecule has 2 rings (SSSR count).